The molecule has 148 valence electrons. The van der Waals surface area contributed by atoms with Crippen molar-refractivity contribution in [1.29, 1.82) is 0 Å². The van der Waals surface area contributed by atoms with Crippen LogP contribution < -0.4 is 0 Å². The van der Waals surface area contributed by atoms with E-state index in [0.29, 0.717) is 6.26 Å². The average molecular weight is 396 g/mol. The Morgan fingerprint density at radius 2 is 1.36 bits per heavy atom. The van der Waals surface area contributed by atoms with Gasteiger partial charge in [-0.15, -0.1) is 0 Å². The highest BCUT2D eigenvalue weighted by molar-refractivity contribution is 5.26. The van der Waals surface area contributed by atoms with Gasteiger partial charge in [0.05, 0.1) is 6.26 Å². The number of hydrogen-bond acceptors (Lipinski definition) is 2. The highest BCUT2D eigenvalue weighted by atomic mass is 19.4. The Balaban J connectivity index is 6.60. The molecule has 0 radical (unpaired) electrons. The number of rotatable bonds is 7. The van der Waals surface area contributed by atoms with Gasteiger partial charge in [-0.1, -0.05) is 13.5 Å². The molecule has 0 bridgehead atoms. The number of hydrogen-bond donors (Lipinski definition) is 0. The van der Waals surface area contributed by atoms with Gasteiger partial charge in [0.1, 0.15) is 0 Å². The second-order valence-electron chi connectivity index (χ2n) is 4.41. The molecule has 1 unspecified atom stereocenters. The van der Waals surface area contributed by atoms with Gasteiger partial charge in [0.15, 0.2) is 11.3 Å². The minimum atomic E-state index is -6.78. The molecule has 0 N–H and O–H groups in total. The zero-order chi connectivity index (χ0) is 20.3. The van der Waals surface area contributed by atoms with Crippen LogP contribution in [0.25, 0.3) is 0 Å². The molecular formula is C12H11F11O2. The van der Waals surface area contributed by atoms with Crippen molar-refractivity contribution in [2.75, 3.05) is 0 Å². The summed E-state index contributed by atoms with van der Waals surface area (Å²) in [7, 11) is 0. The summed E-state index contributed by atoms with van der Waals surface area (Å²) < 4.78 is 147. The van der Waals surface area contributed by atoms with Crippen molar-refractivity contribution in [3.8, 4) is 0 Å². The molecule has 0 amide bonds. The number of alkyl halides is 11. The van der Waals surface area contributed by atoms with Gasteiger partial charge in [0.25, 0.3) is 0 Å². The van der Waals surface area contributed by atoms with Crippen molar-refractivity contribution in [1.82, 2.24) is 0 Å². The molecule has 0 saturated carbocycles. The summed E-state index contributed by atoms with van der Waals surface area (Å²) in [5.74, 6) is -10.2. The van der Waals surface area contributed by atoms with E-state index in [9.17, 15) is 48.3 Å². The van der Waals surface area contributed by atoms with E-state index < -0.39 is 48.5 Å². The normalized spacial score (nSPS) is 14.7. The van der Waals surface area contributed by atoms with E-state index in [0.717, 1.165) is 0 Å². The molecule has 25 heavy (non-hydrogen) atoms. The fraction of sp³-hybridized carbons (Fsp3) is 0.667. The third-order valence-corrected chi connectivity index (χ3v) is 2.46. The lowest BCUT2D eigenvalue weighted by Crippen LogP contribution is -2.44. The Kier molecular flexibility index (Phi) is 7.17. The van der Waals surface area contributed by atoms with E-state index in [4.69, 9.17) is 0 Å². The molecule has 0 heterocycles. The average Bonchev–Trinajstić information content (AvgIpc) is 2.33. The molecular weight excluding hydrogens is 385 g/mol. The predicted molar refractivity (Wildman–Crippen MR) is 61.2 cm³/mol. The second-order valence-corrected chi connectivity index (χ2v) is 4.41. The minimum Gasteiger partial charge on any atom is -0.463 e. The van der Waals surface area contributed by atoms with E-state index in [1.54, 1.807) is 0 Å². The van der Waals surface area contributed by atoms with E-state index in [2.05, 4.69) is 16.1 Å². The van der Waals surface area contributed by atoms with Crippen LogP contribution in [-0.2, 0) is 9.47 Å². The van der Waals surface area contributed by atoms with Crippen molar-refractivity contribution >= 4 is 0 Å². The monoisotopic (exact) mass is 396 g/mol. The fourth-order valence-electron chi connectivity index (χ4n) is 1.47. The van der Waals surface area contributed by atoms with Gasteiger partial charge >= 0.3 is 24.5 Å². The predicted octanol–water partition coefficient (Wildman–Crippen LogP) is 5.87. The topological polar surface area (TPSA) is 18.5 Å². The molecule has 0 saturated heterocycles. The van der Waals surface area contributed by atoms with Crippen LogP contribution in [0.1, 0.15) is 19.8 Å². The summed E-state index contributed by atoms with van der Waals surface area (Å²) in [4.78, 5) is 0. The summed E-state index contributed by atoms with van der Waals surface area (Å²) in [5.41, 5.74) is -4.11. The largest absolute Gasteiger partial charge is 0.463 e. The number of halogens is 11. The van der Waals surface area contributed by atoms with Gasteiger partial charge < -0.3 is 9.47 Å². The Morgan fingerprint density at radius 1 is 0.920 bits per heavy atom. The van der Waals surface area contributed by atoms with Crippen molar-refractivity contribution in [3.05, 3.63) is 24.2 Å². The summed E-state index contributed by atoms with van der Waals surface area (Å²) in [6, 6.07) is 0. The van der Waals surface area contributed by atoms with Crippen LogP contribution in [0.5, 0.6) is 0 Å². The Hall–Kier alpha value is -1.69. The lowest BCUT2D eigenvalue weighted by Gasteiger charge is -2.29. The molecule has 0 fully saturated rings. The number of ether oxygens (including phenoxy) is 2. The zero-order valence-corrected chi connectivity index (χ0v) is 12.3. The van der Waals surface area contributed by atoms with Crippen molar-refractivity contribution in [2.45, 2.75) is 50.5 Å². The Morgan fingerprint density at radius 3 is 1.64 bits per heavy atom. The summed E-state index contributed by atoms with van der Waals surface area (Å²) in [6.07, 6.45) is -22.5. The maximum atomic E-state index is 13.4. The molecule has 0 spiro atoms. The third-order valence-electron chi connectivity index (χ3n) is 2.46. The first-order valence-corrected chi connectivity index (χ1v) is 6.26. The molecule has 0 rings (SSSR count). The summed E-state index contributed by atoms with van der Waals surface area (Å²) >= 11 is 0. The first kappa shape index (κ1) is 23.3. The molecule has 2 nitrogen and oxygen atoms in total. The molecule has 0 aromatic carbocycles. The Bertz CT molecular complexity index is 469. The SMILES string of the molecule is C=COC(CCC)OC(=C(C(F)(F)F)C(F)(F)F)C(F)(F)C(F)(F)F. The highest BCUT2D eigenvalue weighted by Gasteiger charge is 2.68. The Labute approximate surface area is 133 Å². The fourth-order valence-corrected chi connectivity index (χ4v) is 1.47. The van der Waals surface area contributed by atoms with Gasteiger partial charge in [-0.3, -0.25) is 0 Å². The van der Waals surface area contributed by atoms with Crippen molar-refractivity contribution in [3.63, 3.8) is 0 Å². The van der Waals surface area contributed by atoms with E-state index in [-0.39, 0.29) is 6.42 Å². The molecule has 0 aliphatic carbocycles. The van der Waals surface area contributed by atoms with Crippen LogP contribution in [0.15, 0.2) is 24.2 Å². The van der Waals surface area contributed by atoms with Gasteiger partial charge in [-0.2, -0.15) is 48.3 Å². The second kappa shape index (κ2) is 7.68. The lowest BCUT2D eigenvalue weighted by atomic mass is 10.1. The molecule has 0 aliphatic rings. The van der Waals surface area contributed by atoms with Gasteiger partial charge in [0.2, 0.25) is 6.29 Å². The van der Waals surface area contributed by atoms with Crippen molar-refractivity contribution < 1.29 is 57.8 Å². The zero-order valence-electron chi connectivity index (χ0n) is 12.3. The highest BCUT2D eigenvalue weighted by Crippen LogP contribution is 2.50. The quantitative estimate of drug-likeness (QED) is 0.305. The maximum absolute atomic E-state index is 13.4. The maximum Gasteiger partial charge on any atom is 0.461 e. The van der Waals surface area contributed by atoms with E-state index >= 15 is 0 Å². The lowest BCUT2D eigenvalue weighted by molar-refractivity contribution is -0.289. The first-order valence-electron chi connectivity index (χ1n) is 6.26. The van der Waals surface area contributed by atoms with Crippen molar-refractivity contribution in [2.24, 2.45) is 0 Å². The van der Waals surface area contributed by atoms with Crippen LogP contribution in [0.3, 0.4) is 0 Å². The van der Waals surface area contributed by atoms with E-state index in [1.807, 2.05) is 0 Å². The van der Waals surface area contributed by atoms with Crippen LogP contribution in [0.2, 0.25) is 0 Å². The van der Waals surface area contributed by atoms with Gasteiger partial charge in [-0.25, -0.2) is 0 Å². The van der Waals surface area contributed by atoms with Crippen LogP contribution in [0.4, 0.5) is 48.3 Å². The van der Waals surface area contributed by atoms with Gasteiger partial charge in [-0.05, 0) is 6.42 Å². The van der Waals surface area contributed by atoms with Gasteiger partial charge in [0, 0.05) is 6.42 Å². The summed E-state index contributed by atoms with van der Waals surface area (Å²) in [5, 5.41) is 0. The van der Waals surface area contributed by atoms with Crippen LogP contribution in [0, 0.1) is 0 Å². The third kappa shape index (κ3) is 5.96. The molecule has 0 aromatic rings. The minimum absolute atomic E-state index is 0.0866. The molecule has 0 aromatic heterocycles. The van der Waals surface area contributed by atoms with E-state index in [1.165, 1.54) is 6.92 Å². The standard InChI is InChI=1S/C12H11F11O2/c1-3-5-6(24-4-2)25-8(9(13,14)12(21,22)23)7(10(15,16)17)11(18,19)20/h4,6H,2-3,5H2,1H3. The van der Waals surface area contributed by atoms with Crippen LogP contribution >= 0.6 is 0 Å². The summed E-state index contributed by atoms with van der Waals surface area (Å²) in [6.45, 7) is 4.17. The number of allylic oxidation sites excluding steroid dienone is 2. The molecule has 0 aliphatic heterocycles. The van der Waals surface area contributed by atoms with Crippen LogP contribution in [-0.4, -0.2) is 30.7 Å². The molecule has 1 atom stereocenters. The molecule has 13 heteroatoms. The smallest absolute Gasteiger partial charge is 0.461 e. The first-order chi connectivity index (χ1) is 11.0.